The molecule has 1 N–H and O–H groups in total. The number of aryl methyl sites for hydroxylation is 1. The lowest BCUT2D eigenvalue weighted by atomic mass is 10.3. The Morgan fingerprint density at radius 3 is 3.11 bits per heavy atom. The van der Waals surface area contributed by atoms with Gasteiger partial charge in [0, 0.05) is 11.9 Å². The third kappa shape index (κ3) is 3.30. The van der Waals surface area contributed by atoms with Crippen molar-refractivity contribution in [1.29, 1.82) is 0 Å². The van der Waals surface area contributed by atoms with Crippen molar-refractivity contribution in [3.63, 3.8) is 0 Å². The fourth-order valence-corrected chi connectivity index (χ4v) is 2.76. The van der Waals surface area contributed by atoms with Crippen LogP contribution in [0.15, 0.2) is 22.7 Å². The van der Waals surface area contributed by atoms with Crippen LogP contribution in [0.1, 0.15) is 17.8 Å². The molecule has 2 rings (SSSR count). The number of amides is 1. The molecule has 1 unspecified atom stereocenters. The number of nitrogens with one attached hydrogen (secondary N) is 1. The zero-order chi connectivity index (χ0) is 13.0. The van der Waals surface area contributed by atoms with E-state index in [-0.39, 0.29) is 11.9 Å². The summed E-state index contributed by atoms with van der Waals surface area (Å²) in [6, 6.07) is 4.02. The molecule has 0 radical (unpaired) electrons. The Morgan fingerprint density at radius 2 is 2.50 bits per heavy atom. The molecule has 0 aromatic carbocycles. The Kier molecular flexibility index (Phi) is 4.32. The predicted octanol–water partition coefficient (Wildman–Crippen LogP) is 1.24. The van der Waals surface area contributed by atoms with Gasteiger partial charge in [0.05, 0.1) is 11.8 Å². The lowest BCUT2D eigenvalue weighted by Crippen LogP contribution is -2.27. The molecule has 2 heterocycles. The molecule has 1 amide bonds. The van der Waals surface area contributed by atoms with Crippen LogP contribution in [-0.2, 0) is 11.8 Å². The molecular weight excluding hydrogens is 270 g/mol. The number of rotatable bonds is 5. The first-order valence-electron chi connectivity index (χ1n) is 5.34. The average molecular weight is 283 g/mol. The third-order valence-corrected chi connectivity index (χ3v) is 4.33. The smallest absolute Gasteiger partial charge is 0.230 e. The van der Waals surface area contributed by atoms with Crippen molar-refractivity contribution in [2.24, 2.45) is 7.05 Å². The van der Waals surface area contributed by atoms with Gasteiger partial charge in [0.2, 0.25) is 11.1 Å². The fourth-order valence-electron chi connectivity index (χ4n) is 1.37. The highest BCUT2D eigenvalue weighted by atomic mass is 32.2. The molecule has 0 saturated carbocycles. The van der Waals surface area contributed by atoms with E-state index in [0.717, 1.165) is 4.88 Å². The van der Waals surface area contributed by atoms with Gasteiger partial charge in [-0.15, -0.1) is 16.4 Å². The molecule has 0 spiro atoms. The second-order valence-corrected chi connectivity index (χ2v) is 5.60. The van der Waals surface area contributed by atoms with Crippen molar-refractivity contribution >= 4 is 29.0 Å². The highest BCUT2D eigenvalue weighted by Crippen LogP contribution is 2.18. The summed E-state index contributed by atoms with van der Waals surface area (Å²) in [7, 11) is 1.74. The van der Waals surface area contributed by atoms with E-state index in [0.29, 0.717) is 10.9 Å². The molecule has 8 heteroatoms. The van der Waals surface area contributed by atoms with Crippen LogP contribution in [-0.4, -0.2) is 31.9 Å². The van der Waals surface area contributed by atoms with Crippen molar-refractivity contribution in [3.05, 3.63) is 22.4 Å². The Labute approximate surface area is 113 Å². The van der Waals surface area contributed by atoms with Crippen LogP contribution >= 0.6 is 23.1 Å². The number of carbonyl (C=O) groups is 1. The summed E-state index contributed by atoms with van der Waals surface area (Å²) in [5.41, 5.74) is 0. The number of nitrogens with zero attached hydrogens (tertiary/aromatic N) is 4. The number of thioether (sulfide) groups is 1. The first-order chi connectivity index (χ1) is 8.66. The summed E-state index contributed by atoms with van der Waals surface area (Å²) in [6.45, 7) is 1.97. The standard InChI is InChI=1S/C10H13N5OS2/c1-7(8-4-3-5-17-8)11-9(16)6-18-10-12-13-14-15(10)2/h3-5,7H,6H2,1-2H3,(H,11,16). The minimum atomic E-state index is -0.0242. The first kappa shape index (κ1) is 13.0. The van der Waals surface area contributed by atoms with Gasteiger partial charge in [0.15, 0.2) is 0 Å². The number of hydrogen-bond donors (Lipinski definition) is 1. The van der Waals surface area contributed by atoms with Crippen LogP contribution in [0.25, 0.3) is 0 Å². The maximum Gasteiger partial charge on any atom is 0.230 e. The second-order valence-electron chi connectivity index (χ2n) is 3.68. The summed E-state index contributed by atoms with van der Waals surface area (Å²) in [5, 5.41) is 16.6. The van der Waals surface area contributed by atoms with E-state index in [1.54, 1.807) is 23.1 Å². The number of thiophene rings is 1. The highest BCUT2D eigenvalue weighted by molar-refractivity contribution is 7.99. The number of tetrazole rings is 1. The van der Waals surface area contributed by atoms with Crippen LogP contribution in [0.4, 0.5) is 0 Å². The highest BCUT2D eigenvalue weighted by Gasteiger charge is 2.12. The Balaban J connectivity index is 1.81. The Hall–Kier alpha value is -1.41. The van der Waals surface area contributed by atoms with Crippen LogP contribution in [0, 0.1) is 0 Å². The molecule has 0 aliphatic carbocycles. The molecule has 0 aliphatic heterocycles. The molecule has 18 heavy (non-hydrogen) atoms. The van der Waals surface area contributed by atoms with E-state index < -0.39 is 0 Å². The van der Waals surface area contributed by atoms with Gasteiger partial charge in [-0.2, -0.15) is 0 Å². The van der Waals surface area contributed by atoms with Gasteiger partial charge in [0.1, 0.15) is 0 Å². The number of carbonyl (C=O) groups excluding carboxylic acids is 1. The van der Waals surface area contributed by atoms with E-state index in [1.165, 1.54) is 11.8 Å². The molecular formula is C10H13N5OS2. The topological polar surface area (TPSA) is 72.7 Å². The van der Waals surface area contributed by atoms with Crippen LogP contribution < -0.4 is 5.32 Å². The van der Waals surface area contributed by atoms with E-state index in [9.17, 15) is 4.79 Å². The van der Waals surface area contributed by atoms with E-state index in [1.807, 2.05) is 24.4 Å². The third-order valence-electron chi connectivity index (χ3n) is 2.26. The van der Waals surface area contributed by atoms with Gasteiger partial charge in [0.25, 0.3) is 0 Å². The first-order valence-corrected chi connectivity index (χ1v) is 7.21. The van der Waals surface area contributed by atoms with Crippen molar-refractivity contribution in [1.82, 2.24) is 25.5 Å². The van der Waals surface area contributed by atoms with Crippen molar-refractivity contribution in [2.45, 2.75) is 18.1 Å². The summed E-state index contributed by atoms with van der Waals surface area (Å²) in [5.74, 6) is 0.285. The van der Waals surface area contributed by atoms with Crippen molar-refractivity contribution < 1.29 is 4.79 Å². The van der Waals surface area contributed by atoms with Crippen LogP contribution in [0.2, 0.25) is 0 Å². The van der Waals surface area contributed by atoms with E-state index >= 15 is 0 Å². The van der Waals surface area contributed by atoms with Gasteiger partial charge in [-0.25, -0.2) is 4.68 Å². The SMILES string of the molecule is CC(NC(=O)CSc1nnnn1C)c1cccs1. The lowest BCUT2D eigenvalue weighted by Gasteiger charge is -2.11. The summed E-state index contributed by atoms with van der Waals surface area (Å²) in [4.78, 5) is 12.9. The van der Waals surface area contributed by atoms with E-state index in [4.69, 9.17) is 0 Å². The van der Waals surface area contributed by atoms with Gasteiger partial charge < -0.3 is 5.32 Å². The monoisotopic (exact) mass is 283 g/mol. The summed E-state index contributed by atoms with van der Waals surface area (Å²) in [6.07, 6.45) is 0. The fraction of sp³-hybridized carbons (Fsp3) is 0.400. The van der Waals surface area contributed by atoms with Gasteiger partial charge in [-0.3, -0.25) is 4.79 Å². The Bertz CT molecular complexity index is 510. The molecule has 6 nitrogen and oxygen atoms in total. The normalized spacial score (nSPS) is 12.3. The second kappa shape index (κ2) is 5.96. The van der Waals surface area contributed by atoms with Crippen LogP contribution in [0.3, 0.4) is 0 Å². The van der Waals surface area contributed by atoms with Crippen molar-refractivity contribution in [3.8, 4) is 0 Å². The summed E-state index contributed by atoms with van der Waals surface area (Å²) < 4.78 is 1.54. The summed E-state index contributed by atoms with van der Waals surface area (Å²) >= 11 is 2.95. The predicted molar refractivity (Wildman–Crippen MR) is 70.4 cm³/mol. The van der Waals surface area contributed by atoms with Gasteiger partial charge in [-0.05, 0) is 28.8 Å². The molecule has 1 atom stereocenters. The Morgan fingerprint density at radius 1 is 1.67 bits per heavy atom. The maximum atomic E-state index is 11.7. The zero-order valence-electron chi connectivity index (χ0n) is 10.0. The molecule has 2 aromatic heterocycles. The molecule has 0 saturated heterocycles. The number of aromatic nitrogens is 4. The van der Waals surface area contributed by atoms with Crippen LogP contribution in [0.5, 0.6) is 0 Å². The van der Waals surface area contributed by atoms with E-state index in [2.05, 4.69) is 20.8 Å². The van der Waals surface area contributed by atoms with Gasteiger partial charge in [-0.1, -0.05) is 17.8 Å². The quantitative estimate of drug-likeness (QED) is 0.836. The minimum Gasteiger partial charge on any atom is -0.348 e. The minimum absolute atomic E-state index is 0.0242. The molecule has 96 valence electrons. The maximum absolute atomic E-state index is 11.7. The zero-order valence-corrected chi connectivity index (χ0v) is 11.7. The molecule has 0 fully saturated rings. The molecule has 0 bridgehead atoms. The largest absolute Gasteiger partial charge is 0.348 e. The lowest BCUT2D eigenvalue weighted by molar-refractivity contribution is -0.119. The van der Waals surface area contributed by atoms with Crippen molar-refractivity contribution in [2.75, 3.05) is 5.75 Å². The molecule has 0 aliphatic rings. The van der Waals surface area contributed by atoms with Gasteiger partial charge >= 0.3 is 0 Å². The average Bonchev–Trinajstić information content (AvgIpc) is 2.97. The molecule has 2 aromatic rings. The number of hydrogen-bond acceptors (Lipinski definition) is 6.